The highest BCUT2D eigenvalue weighted by Gasteiger charge is 2.12. The molecule has 0 aliphatic carbocycles. The van der Waals surface area contributed by atoms with E-state index in [-0.39, 0.29) is 5.69 Å². The standard InChI is InChI=1S/C10H5Cl2NO2/c11-8-4-6-2-1-3-10(13(14)15)7(6)5-9(8)12/h1-5H. The lowest BCUT2D eigenvalue weighted by Crippen LogP contribution is -1.89. The van der Waals surface area contributed by atoms with E-state index < -0.39 is 4.92 Å². The second kappa shape index (κ2) is 3.68. The van der Waals surface area contributed by atoms with Crippen LogP contribution in [0.5, 0.6) is 0 Å². The molecule has 5 heteroatoms. The topological polar surface area (TPSA) is 43.1 Å². The maximum atomic E-state index is 10.7. The molecular formula is C10H5Cl2NO2. The Kier molecular flexibility index (Phi) is 2.50. The van der Waals surface area contributed by atoms with Crippen LogP contribution in [0.2, 0.25) is 10.0 Å². The zero-order chi connectivity index (χ0) is 11.0. The molecule has 0 bridgehead atoms. The van der Waals surface area contributed by atoms with Crippen LogP contribution in [0, 0.1) is 10.1 Å². The molecule has 0 aliphatic heterocycles. The summed E-state index contributed by atoms with van der Waals surface area (Å²) in [5.74, 6) is 0. The third kappa shape index (κ3) is 1.76. The van der Waals surface area contributed by atoms with Crippen LogP contribution in [0.4, 0.5) is 5.69 Å². The van der Waals surface area contributed by atoms with Crippen LogP contribution in [-0.4, -0.2) is 4.92 Å². The molecule has 0 spiro atoms. The van der Waals surface area contributed by atoms with Crippen molar-refractivity contribution in [1.82, 2.24) is 0 Å². The fraction of sp³-hybridized carbons (Fsp3) is 0. The second-order valence-corrected chi connectivity index (χ2v) is 3.84. The fourth-order valence-corrected chi connectivity index (χ4v) is 1.75. The maximum Gasteiger partial charge on any atom is 0.277 e. The maximum absolute atomic E-state index is 10.7. The monoisotopic (exact) mass is 241 g/mol. The Hall–Kier alpha value is -1.32. The van der Waals surface area contributed by atoms with E-state index in [1.165, 1.54) is 12.1 Å². The van der Waals surface area contributed by atoms with Crippen LogP contribution < -0.4 is 0 Å². The van der Waals surface area contributed by atoms with E-state index >= 15 is 0 Å². The summed E-state index contributed by atoms with van der Waals surface area (Å²) in [5, 5.41) is 12.7. The van der Waals surface area contributed by atoms with Gasteiger partial charge in [-0.2, -0.15) is 0 Å². The summed E-state index contributed by atoms with van der Waals surface area (Å²) in [7, 11) is 0. The first kappa shape index (κ1) is 10.2. The van der Waals surface area contributed by atoms with Crippen molar-refractivity contribution in [1.29, 1.82) is 0 Å². The predicted molar refractivity (Wildman–Crippen MR) is 60.6 cm³/mol. The molecule has 0 atom stereocenters. The van der Waals surface area contributed by atoms with Crippen molar-refractivity contribution >= 4 is 39.7 Å². The van der Waals surface area contributed by atoms with Crippen LogP contribution in [0.3, 0.4) is 0 Å². The number of nitrogens with zero attached hydrogens (tertiary/aromatic N) is 1. The number of non-ortho nitro benzene ring substituents is 1. The van der Waals surface area contributed by atoms with E-state index in [0.717, 1.165) is 0 Å². The lowest BCUT2D eigenvalue weighted by atomic mass is 10.1. The zero-order valence-corrected chi connectivity index (χ0v) is 8.92. The van der Waals surface area contributed by atoms with Gasteiger partial charge >= 0.3 is 0 Å². The second-order valence-electron chi connectivity index (χ2n) is 3.02. The number of benzene rings is 2. The summed E-state index contributed by atoms with van der Waals surface area (Å²) in [6.45, 7) is 0. The molecular weight excluding hydrogens is 237 g/mol. The van der Waals surface area contributed by atoms with Gasteiger partial charge in [-0.15, -0.1) is 0 Å². The smallest absolute Gasteiger partial charge is 0.258 e. The number of rotatable bonds is 1. The molecule has 2 aromatic rings. The summed E-state index contributed by atoms with van der Waals surface area (Å²) in [4.78, 5) is 10.3. The molecule has 0 radical (unpaired) electrons. The SMILES string of the molecule is O=[N+]([O-])c1cccc2cc(Cl)c(Cl)cc12. The van der Waals surface area contributed by atoms with Crippen molar-refractivity contribution in [3.8, 4) is 0 Å². The van der Waals surface area contributed by atoms with Crippen molar-refractivity contribution in [2.24, 2.45) is 0 Å². The normalized spacial score (nSPS) is 10.5. The highest BCUT2D eigenvalue weighted by molar-refractivity contribution is 6.42. The van der Waals surface area contributed by atoms with Crippen molar-refractivity contribution in [3.05, 3.63) is 50.5 Å². The van der Waals surface area contributed by atoms with Gasteiger partial charge in [-0.3, -0.25) is 10.1 Å². The quantitative estimate of drug-likeness (QED) is 0.559. The Balaban J connectivity index is 2.86. The minimum Gasteiger partial charge on any atom is -0.258 e. The fourth-order valence-electron chi connectivity index (χ4n) is 1.41. The van der Waals surface area contributed by atoms with Crippen LogP contribution in [0.15, 0.2) is 30.3 Å². The van der Waals surface area contributed by atoms with Gasteiger partial charge in [-0.1, -0.05) is 35.3 Å². The Morgan fingerprint density at radius 2 is 1.80 bits per heavy atom. The van der Waals surface area contributed by atoms with Crippen molar-refractivity contribution < 1.29 is 4.92 Å². The van der Waals surface area contributed by atoms with E-state index in [2.05, 4.69) is 0 Å². The van der Waals surface area contributed by atoms with Crippen molar-refractivity contribution in [2.75, 3.05) is 0 Å². The van der Waals surface area contributed by atoms with Gasteiger partial charge in [0.25, 0.3) is 5.69 Å². The van der Waals surface area contributed by atoms with E-state index in [9.17, 15) is 10.1 Å². The third-order valence-corrected chi connectivity index (χ3v) is 2.82. The van der Waals surface area contributed by atoms with Crippen molar-refractivity contribution in [2.45, 2.75) is 0 Å². The average Bonchev–Trinajstić information content (AvgIpc) is 2.18. The lowest BCUT2D eigenvalue weighted by molar-refractivity contribution is -0.383. The molecule has 0 aromatic heterocycles. The molecule has 2 aromatic carbocycles. The first-order valence-electron chi connectivity index (χ1n) is 4.12. The van der Waals surface area contributed by atoms with Gasteiger partial charge in [0, 0.05) is 6.07 Å². The van der Waals surface area contributed by atoms with Gasteiger partial charge in [0.05, 0.1) is 20.4 Å². The van der Waals surface area contributed by atoms with Gasteiger partial charge in [0.2, 0.25) is 0 Å². The minimum absolute atomic E-state index is 0.0334. The molecule has 0 amide bonds. The van der Waals surface area contributed by atoms with Crippen molar-refractivity contribution in [3.63, 3.8) is 0 Å². The molecule has 0 saturated heterocycles. The Morgan fingerprint density at radius 1 is 1.13 bits per heavy atom. The lowest BCUT2D eigenvalue weighted by Gasteiger charge is -2.01. The van der Waals surface area contributed by atoms with Crippen LogP contribution >= 0.6 is 23.2 Å². The molecule has 76 valence electrons. The summed E-state index contributed by atoms with van der Waals surface area (Å²) < 4.78 is 0. The number of hydrogen-bond donors (Lipinski definition) is 0. The van der Waals surface area contributed by atoms with E-state index in [1.54, 1.807) is 18.2 Å². The van der Waals surface area contributed by atoms with Gasteiger partial charge in [-0.25, -0.2) is 0 Å². The number of nitro benzene ring substituents is 1. The molecule has 0 heterocycles. The van der Waals surface area contributed by atoms with Gasteiger partial charge in [0.1, 0.15) is 0 Å². The predicted octanol–water partition coefficient (Wildman–Crippen LogP) is 4.05. The average molecular weight is 242 g/mol. The molecule has 2 rings (SSSR count). The number of fused-ring (bicyclic) bond motifs is 1. The Bertz CT molecular complexity index is 554. The van der Waals surface area contributed by atoms with Crippen LogP contribution in [0.25, 0.3) is 10.8 Å². The Morgan fingerprint density at radius 3 is 2.47 bits per heavy atom. The summed E-state index contributed by atoms with van der Waals surface area (Å²) >= 11 is 11.6. The van der Waals surface area contributed by atoms with E-state index in [1.807, 2.05) is 0 Å². The first-order chi connectivity index (χ1) is 7.09. The molecule has 0 aliphatic rings. The van der Waals surface area contributed by atoms with Gasteiger partial charge in [-0.05, 0) is 17.5 Å². The molecule has 0 unspecified atom stereocenters. The third-order valence-electron chi connectivity index (χ3n) is 2.09. The largest absolute Gasteiger partial charge is 0.277 e. The number of halogens is 2. The highest BCUT2D eigenvalue weighted by Crippen LogP contribution is 2.32. The van der Waals surface area contributed by atoms with Crippen LogP contribution in [0.1, 0.15) is 0 Å². The number of nitro groups is 1. The molecule has 0 N–H and O–H groups in total. The summed E-state index contributed by atoms with van der Waals surface area (Å²) in [5.41, 5.74) is 0.0334. The zero-order valence-electron chi connectivity index (χ0n) is 7.41. The number of hydrogen-bond acceptors (Lipinski definition) is 2. The van der Waals surface area contributed by atoms with E-state index in [4.69, 9.17) is 23.2 Å². The molecule has 15 heavy (non-hydrogen) atoms. The summed E-state index contributed by atoms with van der Waals surface area (Å²) in [6.07, 6.45) is 0. The molecule has 0 fully saturated rings. The molecule has 3 nitrogen and oxygen atoms in total. The Labute approximate surface area is 95.4 Å². The van der Waals surface area contributed by atoms with Crippen LogP contribution in [-0.2, 0) is 0 Å². The molecule has 0 saturated carbocycles. The van der Waals surface area contributed by atoms with E-state index in [0.29, 0.717) is 20.8 Å². The van der Waals surface area contributed by atoms with Gasteiger partial charge < -0.3 is 0 Å². The highest BCUT2D eigenvalue weighted by atomic mass is 35.5. The minimum atomic E-state index is -0.438. The summed E-state index contributed by atoms with van der Waals surface area (Å²) in [6, 6.07) is 7.94. The first-order valence-corrected chi connectivity index (χ1v) is 4.87. The van der Waals surface area contributed by atoms with Gasteiger partial charge in [0.15, 0.2) is 0 Å².